The van der Waals surface area contributed by atoms with E-state index in [4.69, 9.17) is 9.47 Å². The number of benzene rings is 1. The van der Waals surface area contributed by atoms with Crippen molar-refractivity contribution in [2.45, 2.75) is 32.8 Å². The molecule has 1 aromatic rings. The van der Waals surface area contributed by atoms with E-state index in [9.17, 15) is 31.5 Å². The molecule has 156 valence electrons. The first-order chi connectivity index (χ1) is 12.9. The number of halogens is 5. The van der Waals surface area contributed by atoms with E-state index in [0.29, 0.717) is 6.08 Å². The van der Waals surface area contributed by atoms with Gasteiger partial charge in [0.1, 0.15) is 11.4 Å². The minimum Gasteiger partial charge on any atom is -0.501 e. The number of hydrogen-bond acceptors (Lipinski definition) is 5. The van der Waals surface area contributed by atoms with Crippen molar-refractivity contribution in [3.8, 4) is 5.75 Å². The molecule has 0 aliphatic carbocycles. The molecule has 0 bridgehead atoms. The lowest BCUT2D eigenvalue weighted by Crippen LogP contribution is -2.33. The summed E-state index contributed by atoms with van der Waals surface area (Å²) in [6.45, 7) is 4.93. The van der Waals surface area contributed by atoms with Gasteiger partial charge >= 0.3 is 12.1 Å². The number of hydrogen-bond donors (Lipinski definition) is 1. The number of carbonyl (C=O) groups is 2. The SMILES string of the molecule is CO/C(=C\C(=O)Oc1c(F)c(F)c(F)c(F)c1F)CCNC(=O)OC(C)(C)C. The largest absolute Gasteiger partial charge is 0.501 e. The fraction of sp³-hybridized carbons (Fsp3) is 0.412. The zero-order valence-corrected chi connectivity index (χ0v) is 15.4. The van der Waals surface area contributed by atoms with Crippen LogP contribution in [0.15, 0.2) is 11.8 Å². The summed E-state index contributed by atoms with van der Waals surface area (Å²) >= 11 is 0. The van der Waals surface area contributed by atoms with Gasteiger partial charge in [0.25, 0.3) is 0 Å². The topological polar surface area (TPSA) is 73.9 Å². The average molecular weight is 411 g/mol. The van der Waals surface area contributed by atoms with Gasteiger partial charge in [-0.05, 0) is 20.8 Å². The third-order valence-corrected chi connectivity index (χ3v) is 2.95. The molecule has 0 atom stereocenters. The number of alkyl carbamates (subject to hydrolysis) is 1. The zero-order valence-electron chi connectivity index (χ0n) is 15.4. The van der Waals surface area contributed by atoms with Gasteiger partial charge < -0.3 is 19.5 Å². The van der Waals surface area contributed by atoms with Gasteiger partial charge in [-0.25, -0.2) is 22.8 Å². The van der Waals surface area contributed by atoms with Crippen molar-refractivity contribution in [1.82, 2.24) is 5.32 Å². The van der Waals surface area contributed by atoms with Crippen LogP contribution in [0.1, 0.15) is 27.2 Å². The second kappa shape index (κ2) is 9.38. The number of ether oxygens (including phenoxy) is 3. The molecule has 1 rings (SSSR count). The Morgan fingerprint density at radius 3 is 1.93 bits per heavy atom. The van der Waals surface area contributed by atoms with Crippen molar-refractivity contribution in [2.24, 2.45) is 0 Å². The molecule has 11 heteroatoms. The van der Waals surface area contributed by atoms with Gasteiger partial charge in [0.05, 0.1) is 13.2 Å². The summed E-state index contributed by atoms with van der Waals surface area (Å²) < 4.78 is 80.2. The third-order valence-electron chi connectivity index (χ3n) is 2.95. The van der Waals surface area contributed by atoms with Gasteiger partial charge in [-0.1, -0.05) is 0 Å². The molecule has 0 saturated heterocycles. The Hall–Kier alpha value is -2.85. The van der Waals surface area contributed by atoms with Gasteiger partial charge in [0, 0.05) is 13.0 Å². The predicted molar refractivity (Wildman–Crippen MR) is 85.8 cm³/mol. The second-order valence-electron chi connectivity index (χ2n) is 6.31. The Morgan fingerprint density at radius 2 is 1.46 bits per heavy atom. The normalized spacial score (nSPS) is 11.8. The Bertz CT molecular complexity index is 760. The van der Waals surface area contributed by atoms with Crippen molar-refractivity contribution in [1.29, 1.82) is 0 Å². The molecule has 28 heavy (non-hydrogen) atoms. The lowest BCUT2D eigenvalue weighted by molar-refractivity contribution is -0.129. The van der Waals surface area contributed by atoms with Crippen LogP contribution in [0.25, 0.3) is 0 Å². The molecule has 0 fully saturated rings. The molecule has 1 aromatic carbocycles. The van der Waals surface area contributed by atoms with Crippen LogP contribution in [-0.2, 0) is 14.3 Å². The van der Waals surface area contributed by atoms with Crippen molar-refractivity contribution < 1.29 is 45.8 Å². The van der Waals surface area contributed by atoms with Gasteiger partial charge in [0.15, 0.2) is 0 Å². The Kier molecular flexibility index (Phi) is 7.77. The number of carbonyl (C=O) groups excluding carboxylic acids is 2. The van der Waals surface area contributed by atoms with Crippen LogP contribution in [0.3, 0.4) is 0 Å². The molecule has 1 amide bonds. The number of amides is 1. The number of methoxy groups -OCH3 is 1. The molecule has 0 aromatic heterocycles. The number of rotatable bonds is 6. The Balaban J connectivity index is 2.79. The summed E-state index contributed by atoms with van der Waals surface area (Å²) in [5.74, 6) is -14.7. The molecule has 0 saturated carbocycles. The maximum absolute atomic E-state index is 13.5. The molecule has 0 radical (unpaired) electrons. The highest BCUT2D eigenvalue weighted by molar-refractivity contribution is 5.84. The highest BCUT2D eigenvalue weighted by Gasteiger charge is 2.28. The summed E-state index contributed by atoms with van der Waals surface area (Å²) in [5.41, 5.74) is -0.721. The van der Waals surface area contributed by atoms with E-state index in [1.54, 1.807) is 20.8 Å². The molecule has 0 unspecified atom stereocenters. The molecule has 6 nitrogen and oxygen atoms in total. The van der Waals surface area contributed by atoms with Crippen LogP contribution in [-0.4, -0.2) is 31.3 Å². The number of nitrogens with one attached hydrogen (secondary N) is 1. The zero-order chi connectivity index (χ0) is 21.6. The van der Waals surface area contributed by atoms with Crippen molar-refractivity contribution in [3.05, 3.63) is 40.9 Å². The molecular formula is C17H18F5NO5. The van der Waals surface area contributed by atoms with Gasteiger partial charge in [-0.2, -0.15) is 8.78 Å². The summed E-state index contributed by atoms with van der Waals surface area (Å²) in [6.07, 6.45) is -0.150. The van der Waals surface area contributed by atoms with Crippen LogP contribution in [0.4, 0.5) is 26.7 Å². The van der Waals surface area contributed by atoms with E-state index in [0.717, 1.165) is 7.11 Å². The molecular weight excluding hydrogens is 393 g/mol. The molecule has 1 N–H and O–H groups in total. The first-order valence-corrected chi connectivity index (χ1v) is 7.82. The first kappa shape index (κ1) is 23.2. The van der Waals surface area contributed by atoms with Crippen LogP contribution >= 0.6 is 0 Å². The summed E-state index contributed by atoms with van der Waals surface area (Å²) in [4.78, 5) is 23.2. The third kappa shape index (κ3) is 6.39. The Labute approximate surface area is 157 Å². The van der Waals surface area contributed by atoms with E-state index < -0.39 is 52.5 Å². The maximum Gasteiger partial charge on any atom is 0.407 e. The van der Waals surface area contributed by atoms with Crippen molar-refractivity contribution >= 4 is 12.1 Å². The number of esters is 1. The fourth-order valence-electron chi connectivity index (χ4n) is 1.77. The van der Waals surface area contributed by atoms with Crippen LogP contribution in [0, 0.1) is 29.1 Å². The Morgan fingerprint density at radius 1 is 0.964 bits per heavy atom. The molecule has 0 spiro atoms. The summed E-state index contributed by atoms with van der Waals surface area (Å²) in [5, 5.41) is 2.37. The van der Waals surface area contributed by atoms with Gasteiger partial charge in [-0.15, -0.1) is 0 Å². The summed E-state index contributed by atoms with van der Waals surface area (Å²) in [6, 6.07) is 0. The lowest BCUT2D eigenvalue weighted by Gasteiger charge is -2.19. The van der Waals surface area contributed by atoms with Crippen LogP contribution in [0.2, 0.25) is 0 Å². The van der Waals surface area contributed by atoms with Crippen molar-refractivity contribution in [2.75, 3.05) is 13.7 Å². The minimum atomic E-state index is -2.38. The van der Waals surface area contributed by atoms with Gasteiger partial charge in [-0.3, -0.25) is 0 Å². The van der Waals surface area contributed by atoms with E-state index in [1.807, 2.05) is 0 Å². The molecule has 0 aliphatic heterocycles. The molecule has 0 heterocycles. The summed E-state index contributed by atoms with van der Waals surface area (Å²) in [7, 11) is 1.16. The standard InChI is InChI=1S/C17H18F5NO5/c1-17(2,3)28-16(25)23-6-5-8(26-4)7-9(24)27-15-13(21)11(19)10(18)12(20)14(15)22/h7H,5-6H2,1-4H3,(H,23,25)/b8-7-. The minimum absolute atomic E-state index is 0.0373. The van der Waals surface area contributed by atoms with Crippen LogP contribution < -0.4 is 10.1 Å². The van der Waals surface area contributed by atoms with Gasteiger partial charge in [0.2, 0.25) is 34.8 Å². The fourth-order valence-corrected chi connectivity index (χ4v) is 1.77. The van der Waals surface area contributed by atoms with E-state index in [2.05, 4.69) is 10.1 Å². The average Bonchev–Trinajstić information content (AvgIpc) is 2.59. The quantitative estimate of drug-likeness (QED) is 0.147. The maximum atomic E-state index is 13.5. The lowest BCUT2D eigenvalue weighted by atomic mass is 10.2. The van der Waals surface area contributed by atoms with Crippen LogP contribution in [0.5, 0.6) is 5.75 Å². The monoisotopic (exact) mass is 411 g/mol. The second-order valence-corrected chi connectivity index (χ2v) is 6.31. The van der Waals surface area contributed by atoms with E-state index in [-0.39, 0.29) is 18.7 Å². The molecule has 0 aliphatic rings. The first-order valence-electron chi connectivity index (χ1n) is 7.82. The van der Waals surface area contributed by atoms with E-state index in [1.165, 1.54) is 0 Å². The van der Waals surface area contributed by atoms with Crippen molar-refractivity contribution in [3.63, 3.8) is 0 Å². The van der Waals surface area contributed by atoms with E-state index >= 15 is 0 Å². The predicted octanol–water partition coefficient (Wildman–Crippen LogP) is 3.73. The highest BCUT2D eigenvalue weighted by atomic mass is 19.2. The highest BCUT2D eigenvalue weighted by Crippen LogP contribution is 2.29. The smallest absolute Gasteiger partial charge is 0.407 e.